The predicted octanol–water partition coefficient (Wildman–Crippen LogP) is 5.55. The van der Waals surface area contributed by atoms with Crippen LogP contribution in [0.5, 0.6) is 11.5 Å². The molecule has 2 heterocycles. The van der Waals surface area contributed by atoms with Crippen LogP contribution in [0, 0.1) is 0 Å². The van der Waals surface area contributed by atoms with Crippen molar-refractivity contribution in [3.63, 3.8) is 0 Å². The van der Waals surface area contributed by atoms with E-state index in [1.54, 1.807) is 7.11 Å². The number of hydrogen-bond donors (Lipinski definition) is 2. The van der Waals surface area contributed by atoms with Gasteiger partial charge in [0.2, 0.25) is 0 Å². The number of ether oxygens (including phenoxy) is 2. The largest absolute Gasteiger partial charge is 0.493 e. The Hall–Kier alpha value is -4.01. The van der Waals surface area contributed by atoms with E-state index in [1.165, 1.54) is 0 Å². The molecule has 1 unspecified atom stereocenters. The molecule has 2 aromatic heterocycles. The van der Waals surface area contributed by atoms with Gasteiger partial charge in [-0.2, -0.15) is 13.2 Å². The highest BCUT2D eigenvalue weighted by molar-refractivity contribution is 5.94. The molecule has 9 heteroatoms. The monoisotopic (exact) mass is 483 g/mol. The minimum atomic E-state index is -4.57. The molecule has 35 heavy (non-hydrogen) atoms. The first-order valence-electron chi connectivity index (χ1n) is 11.0. The van der Waals surface area contributed by atoms with Gasteiger partial charge in [0.15, 0.2) is 11.5 Å². The van der Waals surface area contributed by atoms with Gasteiger partial charge in [0.1, 0.15) is 5.69 Å². The summed E-state index contributed by atoms with van der Waals surface area (Å²) in [6, 6.07) is 15.3. The minimum absolute atomic E-state index is 0.0416. The van der Waals surface area contributed by atoms with Crippen molar-refractivity contribution in [2.24, 2.45) is 0 Å². The Kier molecular flexibility index (Phi) is 6.95. The molecule has 0 aliphatic carbocycles. The zero-order valence-corrected chi connectivity index (χ0v) is 19.1. The topological polar surface area (TPSA) is 76.2 Å². The molecule has 6 nitrogen and oxygen atoms in total. The van der Waals surface area contributed by atoms with E-state index in [2.05, 4.69) is 15.3 Å². The van der Waals surface area contributed by atoms with Crippen molar-refractivity contribution in [1.82, 2.24) is 15.3 Å². The smallest absolute Gasteiger partial charge is 0.433 e. The van der Waals surface area contributed by atoms with Crippen molar-refractivity contribution in [2.45, 2.75) is 19.0 Å². The SMILES string of the molecule is CCOc1ccc(C(CNC(=O)c2ccc(C(F)(F)F)nc2)c2c[nH]c3ccccc23)cc1OC. The molecule has 0 spiro atoms. The Morgan fingerprint density at radius 3 is 2.60 bits per heavy atom. The first-order valence-corrected chi connectivity index (χ1v) is 11.0. The molecular formula is C26H24F3N3O3. The molecule has 2 aromatic carbocycles. The molecule has 0 radical (unpaired) electrons. The Labute approximate surface area is 200 Å². The lowest BCUT2D eigenvalue weighted by molar-refractivity contribution is -0.141. The number of aromatic nitrogens is 2. The average Bonchev–Trinajstić information content (AvgIpc) is 3.28. The number of pyridine rings is 1. The Morgan fingerprint density at radius 1 is 1.11 bits per heavy atom. The first kappa shape index (κ1) is 24.1. The molecule has 0 aliphatic heterocycles. The number of para-hydroxylation sites is 1. The summed E-state index contributed by atoms with van der Waals surface area (Å²) in [5, 5.41) is 3.84. The number of alkyl halides is 3. The van der Waals surface area contributed by atoms with Crippen molar-refractivity contribution in [3.8, 4) is 11.5 Å². The maximum atomic E-state index is 12.8. The number of nitrogens with zero attached hydrogens (tertiary/aromatic N) is 1. The van der Waals surface area contributed by atoms with Crippen molar-refractivity contribution in [1.29, 1.82) is 0 Å². The van der Waals surface area contributed by atoms with Gasteiger partial charge in [0.25, 0.3) is 5.91 Å². The van der Waals surface area contributed by atoms with E-state index in [4.69, 9.17) is 9.47 Å². The molecule has 2 N–H and O–H groups in total. The predicted molar refractivity (Wildman–Crippen MR) is 126 cm³/mol. The number of nitrogens with one attached hydrogen (secondary N) is 2. The Balaban J connectivity index is 1.64. The van der Waals surface area contributed by atoms with Crippen molar-refractivity contribution in [3.05, 3.63) is 89.4 Å². The van der Waals surface area contributed by atoms with Gasteiger partial charge < -0.3 is 19.8 Å². The number of benzene rings is 2. The van der Waals surface area contributed by atoms with Gasteiger partial charge in [0.05, 0.1) is 19.3 Å². The fourth-order valence-electron chi connectivity index (χ4n) is 3.96. The summed E-state index contributed by atoms with van der Waals surface area (Å²) in [4.78, 5) is 19.4. The van der Waals surface area contributed by atoms with Crippen LogP contribution in [0.4, 0.5) is 13.2 Å². The van der Waals surface area contributed by atoms with Crippen LogP contribution in [-0.2, 0) is 6.18 Å². The Bertz CT molecular complexity index is 1320. The number of halogens is 3. The van der Waals surface area contributed by atoms with E-state index in [-0.39, 0.29) is 18.0 Å². The number of fused-ring (bicyclic) bond motifs is 1. The molecule has 4 aromatic rings. The quantitative estimate of drug-likeness (QED) is 0.345. The normalized spacial score (nSPS) is 12.4. The lowest BCUT2D eigenvalue weighted by Crippen LogP contribution is -2.29. The summed E-state index contributed by atoms with van der Waals surface area (Å²) in [5.41, 5.74) is 1.77. The zero-order chi connectivity index (χ0) is 25.0. The fraction of sp³-hybridized carbons (Fsp3) is 0.231. The molecular weight excluding hydrogens is 459 g/mol. The fourth-order valence-corrected chi connectivity index (χ4v) is 3.96. The van der Waals surface area contributed by atoms with Crippen LogP contribution in [0.1, 0.15) is 40.0 Å². The Morgan fingerprint density at radius 2 is 1.91 bits per heavy atom. The molecule has 0 saturated carbocycles. The highest BCUT2D eigenvalue weighted by Gasteiger charge is 2.32. The van der Waals surface area contributed by atoms with Crippen LogP contribution in [0.3, 0.4) is 0 Å². The van der Waals surface area contributed by atoms with Crippen LogP contribution in [0.15, 0.2) is 67.0 Å². The zero-order valence-electron chi connectivity index (χ0n) is 19.1. The van der Waals surface area contributed by atoms with Crippen molar-refractivity contribution < 1.29 is 27.4 Å². The van der Waals surface area contributed by atoms with Crippen LogP contribution in [0.2, 0.25) is 0 Å². The second-order valence-electron chi connectivity index (χ2n) is 7.83. The second kappa shape index (κ2) is 10.1. The summed E-state index contributed by atoms with van der Waals surface area (Å²) in [7, 11) is 1.56. The minimum Gasteiger partial charge on any atom is -0.493 e. The van der Waals surface area contributed by atoms with E-state index in [9.17, 15) is 18.0 Å². The summed E-state index contributed by atoms with van der Waals surface area (Å²) in [6.45, 7) is 2.56. The van der Waals surface area contributed by atoms with Crippen LogP contribution < -0.4 is 14.8 Å². The lowest BCUT2D eigenvalue weighted by atomic mass is 9.90. The van der Waals surface area contributed by atoms with Gasteiger partial charge in [-0.1, -0.05) is 24.3 Å². The molecule has 1 amide bonds. The first-order chi connectivity index (χ1) is 16.8. The number of rotatable bonds is 8. The number of hydrogen-bond acceptors (Lipinski definition) is 4. The third-order valence-electron chi connectivity index (χ3n) is 5.67. The highest BCUT2D eigenvalue weighted by Crippen LogP contribution is 2.36. The number of H-pyrrole nitrogens is 1. The number of methoxy groups -OCH3 is 1. The highest BCUT2D eigenvalue weighted by atomic mass is 19.4. The third kappa shape index (κ3) is 5.24. The van der Waals surface area contributed by atoms with Gasteiger partial charge in [-0.25, -0.2) is 0 Å². The number of carbonyl (C=O) groups excluding carboxylic acids is 1. The van der Waals surface area contributed by atoms with Crippen molar-refractivity contribution in [2.75, 3.05) is 20.3 Å². The lowest BCUT2D eigenvalue weighted by Gasteiger charge is -2.20. The van der Waals surface area contributed by atoms with Crippen molar-refractivity contribution >= 4 is 16.8 Å². The van der Waals surface area contributed by atoms with E-state index < -0.39 is 17.8 Å². The average molecular weight is 483 g/mol. The summed E-state index contributed by atoms with van der Waals surface area (Å²) >= 11 is 0. The van der Waals surface area contributed by atoms with Crippen LogP contribution >= 0.6 is 0 Å². The second-order valence-corrected chi connectivity index (χ2v) is 7.83. The van der Waals surface area contributed by atoms with Gasteiger partial charge in [-0.15, -0.1) is 0 Å². The number of aromatic amines is 1. The molecule has 0 saturated heterocycles. The maximum Gasteiger partial charge on any atom is 0.433 e. The van der Waals surface area contributed by atoms with Gasteiger partial charge in [-0.05, 0) is 48.4 Å². The summed E-state index contributed by atoms with van der Waals surface area (Å²) in [5.74, 6) is 0.375. The van der Waals surface area contributed by atoms with E-state index in [1.807, 2.05) is 55.6 Å². The van der Waals surface area contributed by atoms with Gasteiger partial charge in [0, 0.05) is 35.8 Å². The van der Waals surface area contributed by atoms with E-state index in [0.717, 1.165) is 40.4 Å². The molecule has 0 bridgehead atoms. The molecule has 4 rings (SSSR count). The molecule has 0 fully saturated rings. The summed E-state index contributed by atoms with van der Waals surface area (Å²) in [6.07, 6.45) is -1.75. The van der Waals surface area contributed by atoms with Gasteiger partial charge >= 0.3 is 6.18 Å². The van der Waals surface area contributed by atoms with Crippen LogP contribution in [-0.4, -0.2) is 36.1 Å². The van der Waals surface area contributed by atoms with E-state index in [0.29, 0.717) is 18.1 Å². The van der Waals surface area contributed by atoms with E-state index >= 15 is 0 Å². The molecule has 1 atom stereocenters. The molecule has 182 valence electrons. The number of carbonyl (C=O) groups is 1. The number of amides is 1. The van der Waals surface area contributed by atoms with Crippen LogP contribution in [0.25, 0.3) is 10.9 Å². The summed E-state index contributed by atoms with van der Waals surface area (Å²) < 4.78 is 49.5. The standard InChI is InChI=1S/C26H24F3N3O3/c1-3-35-22-10-8-16(12-23(22)34-2)19(20-15-30-21-7-5-4-6-18(20)21)14-32-25(33)17-9-11-24(31-13-17)26(27,28)29/h4-13,15,19,30H,3,14H2,1-2H3,(H,32,33). The van der Waals surface area contributed by atoms with Gasteiger partial charge in [-0.3, -0.25) is 9.78 Å². The molecule has 0 aliphatic rings. The maximum absolute atomic E-state index is 12.8. The third-order valence-corrected chi connectivity index (χ3v) is 5.67.